The lowest BCUT2D eigenvalue weighted by molar-refractivity contribution is -0.146. The summed E-state index contributed by atoms with van der Waals surface area (Å²) in [4.78, 5) is 24.7. The molecule has 0 saturated heterocycles. The Morgan fingerprint density at radius 3 is 2.96 bits per heavy atom. The van der Waals surface area contributed by atoms with Crippen LogP contribution in [-0.4, -0.2) is 27.2 Å². The normalized spacial score (nSPS) is 19.5. The summed E-state index contributed by atoms with van der Waals surface area (Å²) >= 11 is 0. The van der Waals surface area contributed by atoms with Crippen LogP contribution in [-0.2, 0) is 22.7 Å². The molecule has 2 aromatic rings. The molecule has 0 radical (unpaired) electrons. The average molecular weight is 314 g/mol. The number of para-hydroxylation sites is 2. The second kappa shape index (κ2) is 5.75. The van der Waals surface area contributed by atoms with Crippen LogP contribution < -0.4 is 15.4 Å². The van der Waals surface area contributed by atoms with Crippen LogP contribution >= 0.6 is 0 Å². The molecule has 0 spiro atoms. The van der Waals surface area contributed by atoms with Gasteiger partial charge in [-0.3, -0.25) is 14.3 Å². The van der Waals surface area contributed by atoms with Gasteiger partial charge in [0, 0.05) is 24.8 Å². The molecule has 2 N–H and O–H groups in total. The van der Waals surface area contributed by atoms with E-state index in [1.807, 2.05) is 13.1 Å². The molecule has 2 amide bonds. The van der Waals surface area contributed by atoms with Crippen molar-refractivity contribution >= 4 is 17.5 Å². The number of hydrogen-bond acceptors (Lipinski definition) is 4. The second-order valence-electron chi connectivity index (χ2n) is 5.47. The molecule has 7 nitrogen and oxygen atoms in total. The van der Waals surface area contributed by atoms with E-state index in [-0.39, 0.29) is 6.54 Å². The van der Waals surface area contributed by atoms with Gasteiger partial charge in [0.1, 0.15) is 5.75 Å². The zero-order chi connectivity index (χ0) is 16.4. The molecule has 0 fully saturated rings. The highest BCUT2D eigenvalue weighted by Gasteiger charge is 2.47. The van der Waals surface area contributed by atoms with Gasteiger partial charge in [0.15, 0.2) is 0 Å². The minimum absolute atomic E-state index is 0.284. The predicted octanol–water partition coefficient (Wildman–Crippen LogP) is 1.31. The first-order valence-corrected chi connectivity index (χ1v) is 7.42. The van der Waals surface area contributed by atoms with Crippen molar-refractivity contribution in [2.45, 2.75) is 32.5 Å². The number of aryl methyl sites for hydroxylation is 1. The lowest BCUT2D eigenvalue weighted by Gasteiger charge is -2.33. The van der Waals surface area contributed by atoms with Crippen molar-refractivity contribution in [3.8, 4) is 5.75 Å². The summed E-state index contributed by atoms with van der Waals surface area (Å²) in [5.74, 6) is -0.504. The number of carbonyl (C=O) groups excluding carboxylic acids is 2. The van der Waals surface area contributed by atoms with E-state index < -0.39 is 17.4 Å². The molecule has 1 aliphatic rings. The largest absolute Gasteiger partial charge is 0.466 e. The van der Waals surface area contributed by atoms with Crippen LogP contribution in [0.2, 0.25) is 0 Å². The molecule has 120 valence electrons. The summed E-state index contributed by atoms with van der Waals surface area (Å²) in [7, 11) is 0. The van der Waals surface area contributed by atoms with Gasteiger partial charge in [-0.05, 0) is 26.0 Å². The predicted molar refractivity (Wildman–Crippen MR) is 83.9 cm³/mol. The molecule has 1 aromatic carbocycles. The number of nitrogens with zero attached hydrogens (tertiary/aromatic N) is 2. The average Bonchev–Trinajstić information content (AvgIpc) is 3.01. The highest BCUT2D eigenvalue weighted by Crippen LogP contribution is 2.33. The lowest BCUT2D eigenvalue weighted by atomic mass is 10.0. The maximum atomic E-state index is 12.5. The fourth-order valence-electron chi connectivity index (χ4n) is 2.34. The highest BCUT2D eigenvalue weighted by atomic mass is 16.5. The first kappa shape index (κ1) is 15.1. The fraction of sp³-hybridized carbons (Fsp3) is 0.312. The number of amides is 2. The number of aromatic nitrogens is 2. The third kappa shape index (κ3) is 2.77. The summed E-state index contributed by atoms with van der Waals surface area (Å²) in [6.07, 6.45) is 3.53. The van der Waals surface area contributed by atoms with E-state index in [0.29, 0.717) is 11.4 Å². The highest BCUT2D eigenvalue weighted by molar-refractivity contribution is 6.15. The molecule has 1 atom stereocenters. The first-order chi connectivity index (χ1) is 11.0. The van der Waals surface area contributed by atoms with E-state index in [9.17, 15) is 9.59 Å². The number of ether oxygens (including phenoxy) is 1. The standard InChI is InChI=1S/C16H18N4O3/c1-3-20-10-11(9-18-20)8-17-14(21)16(2)15(22)19-12-6-4-5-7-13(12)23-16/h4-7,9-10H,3,8H2,1-2H3,(H,17,21)(H,19,22). The smallest absolute Gasteiger partial charge is 0.278 e. The van der Waals surface area contributed by atoms with Crippen LogP contribution in [0, 0.1) is 0 Å². The summed E-state index contributed by atoms with van der Waals surface area (Å²) in [6, 6.07) is 7.01. The zero-order valence-electron chi connectivity index (χ0n) is 13.0. The summed E-state index contributed by atoms with van der Waals surface area (Å²) in [5.41, 5.74) is -0.179. The maximum absolute atomic E-state index is 12.5. The third-order valence-corrected chi connectivity index (χ3v) is 3.78. The van der Waals surface area contributed by atoms with Crippen molar-refractivity contribution < 1.29 is 14.3 Å². The number of rotatable bonds is 4. The Labute approximate surface area is 133 Å². The lowest BCUT2D eigenvalue weighted by Crippen LogP contribution is -2.58. The molecule has 7 heteroatoms. The van der Waals surface area contributed by atoms with Gasteiger partial charge in [-0.25, -0.2) is 0 Å². The zero-order valence-corrected chi connectivity index (χ0v) is 13.0. The number of anilines is 1. The van der Waals surface area contributed by atoms with Gasteiger partial charge in [-0.2, -0.15) is 5.10 Å². The van der Waals surface area contributed by atoms with E-state index in [1.165, 1.54) is 6.92 Å². The van der Waals surface area contributed by atoms with Crippen molar-refractivity contribution in [2.75, 3.05) is 5.32 Å². The Kier molecular flexibility index (Phi) is 3.77. The molecule has 1 unspecified atom stereocenters. The Bertz CT molecular complexity index is 755. The van der Waals surface area contributed by atoms with Crippen LogP contribution in [0.3, 0.4) is 0 Å². The maximum Gasteiger partial charge on any atom is 0.278 e. The number of nitrogens with one attached hydrogen (secondary N) is 2. The molecular formula is C16H18N4O3. The molecule has 0 aliphatic carbocycles. The van der Waals surface area contributed by atoms with Gasteiger partial charge in [-0.15, -0.1) is 0 Å². The van der Waals surface area contributed by atoms with Gasteiger partial charge in [-0.1, -0.05) is 12.1 Å². The Morgan fingerprint density at radius 1 is 1.43 bits per heavy atom. The van der Waals surface area contributed by atoms with Crippen LogP contribution in [0.1, 0.15) is 19.4 Å². The van der Waals surface area contributed by atoms with E-state index in [0.717, 1.165) is 12.1 Å². The third-order valence-electron chi connectivity index (χ3n) is 3.78. The number of fused-ring (bicyclic) bond motifs is 1. The molecule has 2 heterocycles. The van der Waals surface area contributed by atoms with Gasteiger partial charge < -0.3 is 15.4 Å². The quantitative estimate of drug-likeness (QED) is 0.833. The Hall–Kier alpha value is -2.83. The van der Waals surface area contributed by atoms with Crippen molar-refractivity contribution in [3.63, 3.8) is 0 Å². The van der Waals surface area contributed by atoms with E-state index in [2.05, 4.69) is 15.7 Å². The molecule has 1 aliphatic heterocycles. The second-order valence-corrected chi connectivity index (χ2v) is 5.47. The van der Waals surface area contributed by atoms with Crippen LogP contribution in [0.4, 0.5) is 5.69 Å². The fourth-order valence-corrected chi connectivity index (χ4v) is 2.34. The summed E-state index contributed by atoms with van der Waals surface area (Å²) in [5, 5.41) is 9.57. The monoisotopic (exact) mass is 314 g/mol. The van der Waals surface area contributed by atoms with E-state index in [4.69, 9.17) is 4.74 Å². The van der Waals surface area contributed by atoms with Crippen molar-refractivity contribution in [2.24, 2.45) is 0 Å². The molecule has 1 aromatic heterocycles. The van der Waals surface area contributed by atoms with Gasteiger partial charge in [0.25, 0.3) is 17.4 Å². The van der Waals surface area contributed by atoms with Crippen molar-refractivity contribution in [1.29, 1.82) is 0 Å². The van der Waals surface area contributed by atoms with Gasteiger partial charge in [0.05, 0.1) is 11.9 Å². The minimum Gasteiger partial charge on any atom is -0.466 e. The molecule has 23 heavy (non-hydrogen) atoms. The van der Waals surface area contributed by atoms with Crippen LogP contribution in [0.15, 0.2) is 36.7 Å². The van der Waals surface area contributed by atoms with Crippen molar-refractivity contribution in [1.82, 2.24) is 15.1 Å². The topological polar surface area (TPSA) is 85.3 Å². The molecular weight excluding hydrogens is 296 g/mol. The number of benzene rings is 1. The minimum atomic E-state index is -1.60. The van der Waals surface area contributed by atoms with Gasteiger partial charge >= 0.3 is 0 Å². The van der Waals surface area contributed by atoms with E-state index >= 15 is 0 Å². The number of hydrogen-bond donors (Lipinski definition) is 2. The van der Waals surface area contributed by atoms with Gasteiger partial charge in [0.2, 0.25) is 0 Å². The Balaban J connectivity index is 1.72. The number of carbonyl (C=O) groups is 2. The van der Waals surface area contributed by atoms with E-state index in [1.54, 1.807) is 35.1 Å². The van der Waals surface area contributed by atoms with Crippen LogP contribution in [0.5, 0.6) is 5.75 Å². The molecule has 3 rings (SSSR count). The molecule has 0 saturated carbocycles. The summed E-state index contributed by atoms with van der Waals surface area (Å²) < 4.78 is 7.43. The van der Waals surface area contributed by atoms with Crippen molar-refractivity contribution in [3.05, 3.63) is 42.2 Å². The SMILES string of the molecule is CCn1cc(CNC(=O)C2(C)Oc3ccccc3NC2=O)cn1. The first-order valence-electron chi connectivity index (χ1n) is 7.42. The van der Waals surface area contributed by atoms with Crippen LogP contribution in [0.25, 0.3) is 0 Å². The molecule has 0 bridgehead atoms. The summed E-state index contributed by atoms with van der Waals surface area (Å²) in [6.45, 7) is 4.48. The Morgan fingerprint density at radius 2 is 2.22 bits per heavy atom.